The van der Waals surface area contributed by atoms with E-state index in [1.54, 1.807) is 49.6 Å². The molecule has 1 aliphatic heterocycles. The van der Waals surface area contributed by atoms with Gasteiger partial charge in [-0.2, -0.15) is 0 Å². The zero-order valence-corrected chi connectivity index (χ0v) is 18.6. The number of benzene rings is 1. The first-order chi connectivity index (χ1) is 16.1. The van der Waals surface area contributed by atoms with Crippen molar-refractivity contribution in [3.8, 4) is 22.8 Å². The van der Waals surface area contributed by atoms with Gasteiger partial charge in [0.15, 0.2) is 11.5 Å². The molecule has 1 aliphatic rings. The van der Waals surface area contributed by atoms with Crippen molar-refractivity contribution in [1.82, 2.24) is 20.4 Å². The lowest BCUT2D eigenvalue weighted by atomic mass is 10.1. The Morgan fingerprint density at radius 3 is 2.82 bits per heavy atom. The second-order valence-electron chi connectivity index (χ2n) is 7.66. The normalized spacial score (nSPS) is 15.3. The zero-order valence-electron chi connectivity index (χ0n) is 18.6. The molecule has 1 fully saturated rings. The average Bonchev–Trinajstić information content (AvgIpc) is 3.54. The largest absolute Gasteiger partial charge is 0.497 e. The Bertz CT molecular complexity index is 1120. The molecule has 1 aromatic carbocycles. The summed E-state index contributed by atoms with van der Waals surface area (Å²) < 4.78 is 16.1. The fraction of sp³-hybridized carbons (Fsp3) is 0.333. The van der Waals surface area contributed by atoms with E-state index >= 15 is 0 Å². The number of rotatable bonds is 8. The van der Waals surface area contributed by atoms with Crippen LogP contribution in [0.5, 0.6) is 11.5 Å². The molecule has 2 aromatic heterocycles. The van der Waals surface area contributed by atoms with Crippen molar-refractivity contribution in [3.63, 3.8) is 0 Å². The number of pyridine rings is 1. The van der Waals surface area contributed by atoms with Gasteiger partial charge in [-0.15, -0.1) is 0 Å². The third kappa shape index (κ3) is 4.97. The van der Waals surface area contributed by atoms with Crippen molar-refractivity contribution in [1.29, 1.82) is 0 Å². The van der Waals surface area contributed by atoms with Crippen LogP contribution in [0.15, 0.2) is 53.2 Å². The molecule has 3 aromatic rings. The Hall–Kier alpha value is -3.88. The van der Waals surface area contributed by atoms with E-state index in [0.717, 1.165) is 12.1 Å². The molecule has 4 rings (SSSR count). The average molecular weight is 450 g/mol. The number of carbonyl (C=O) groups excluding carboxylic acids is 2. The van der Waals surface area contributed by atoms with Gasteiger partial charge in [-0.05, 0) is 37.1 Å². The summed E-state index contributed by atoms with van der Waals surface area (Å²) in [5.41, 5.74) is 1.70. The van der Waals surface area contributed by atoms with E-state index in [1.807, 2.05) is 18.2 Å². The smallest absolute Gasteiger partial charge is 0.276 e. The zero-order chi connectivity index (χ0) is 23.2. The van der Waals surface area contributed by atoms with Crippen molar-refractivity contribution in [2.75, 3.05) is 27.3 Å². The lowest BCUT2D eigenvalue weighted by Gasteiger charge is -2.22. The minimum atomic E-state index is -0.531. The molecule has 0 spiro atoms. The maximum Gasteiger partial charge on any atom is 0.276 e. The number of nitrogens with zero attached hydrogens (tertiary/aromatic N) is 3. The lowest BCUT2D eigenvalue weighted by Crippen LogP contribution is -2.46. The number of likely N-dealkylation sites (tertiary alicyclic amines) is 1. The van der Waals surface area contributed by atoms with E-state index in [-0.39, 0.29) is 17.5 Å². The molecular weight excluding hydrogens is 424 g/mol. The Morgan fingerprint density at radius 1 is 1.18 bits per heavy atom. The number of ether oxygens (including phenoxy) is 2. The first-order valence-electron chi connectivity index (χ1n) is 10.8. The van der Waals surface area contributed by atoms with Crippen molar-refractivity contribution >= 4 is 11.8 Å². The summed E-state index contributed by atoms with van der Waals surface area (Å²) in [6.07, 6.45) is 3.71. The van der Waals surface area contributed by atoms with Crippen LogP contribution >= 0.6 is 0 Å². The molecule has 1 N–H and O–H groups in total. The standard InChI is InChI=1S/C24H26N4O5/c1-31-17-8-9-18(21(14-17)32-2)22-15-19(27-33-22)24(30)28-13-5-7-20(28)23(29)26-12-10-16-6-3-4-11-25-16/h3-4,6,8-9,11,14-15,20H,5,7,10,12-13H2,1-2H3,(H,26,29). The molecule has 1 atom stereocenters. The van der Waals surface area contributed by atoms with E-state index < -0.39 is 6.04 Å². The van der Waals surface area contributed by atoms with Gasteiger partial charge in [0.25, 0.3) is 5.91 Å². The summed E-state index contributed by atoms with van der Waals surface area (Å²) >= 11 is 0. The summed E-state index contributed by atoms with van der Waals surface area (Å²) in [6.45, 7) is 0.949. The Balaban J connectivity index is 1.42. The molecule has 1 unspecified atom stereocenters. The van der Waals surface area contributed by atoms with Crippen LogP contribution in [-0.2, 0) is 11.2 Å². The fourth-order valence-corrected chi connectivity index (χ4v) is 3.91. The third-order valence-electron chi connectivity index (χ3n) is 5.63. The molecule has 9 heteroatoms. The molecular formula is C24H26N4O5. The predicted molar refractivity (Wildman–Crippen MR) is 120 cm³/mol. The van der Waals surface area contributed by atoms with Crippen molar-refractivity contribution in [3.05, 3.63) is 60.0 Å². The van der Waals surface area contributed by atoms with Crippen LogP contribution < -0.4 is 14.8 Å². The van der Waals surface area contributed by atoms with Crippen LogP contribution in [-0.4, -0.2) is 60.2 Å². The molecule has 1 saturated heterocycles. The highest BCUT2D eigenvalue weighted by Gasteiger charge is 2.35. The summed E-state index contributed by atoms with van der Waals surface area (Å²) in [5.74, 6) is 1.07. The van der Waals surface area contributed by atoms with Gasteiger partial charge in [0.2, 0.25) is 5.91 Å². The SMILES string of the molecule is COc1ccc(-c2cc(C(=O)N3CCCC3C(=O)NCCc3ccccn3)no2)c(OC)c1. The number of hydrogen-bond donors (Lipinski definition) is 1. The number of carbonyl (C=O) groups is 2. The highest BCUT2D eigenvalue weighted by molar-refractivity contribution is 5.97. The van der Waals surface area contributed by atoms with Crippen LogP contribution in [0.1, 0.15) is 29.0 Å². The predicted octanol–water partition coefficient (Wildman–Crippen LogP) is 2.72. The van der Waals surface area contributed by atoms with E-state index in [0.29, 0.717) is 48.8 Å². The van der Waals surface area contributed by atoms with Gasteiger partial charge in [-0.3, -0.25) is 14.6 Å². The van der Waals surface area contributed by atoms with E-state index in [4.69, 9.17) is 14.0 Å². The third-order valence-corrected chi connectivity index (χ3v) is 5.63. The molecule has 0 aliphatic carbocycles. The second-order valence-corrected chi connectivity index (χ2v) is 7.66. The summed E-state index contributed by atoms with van der Waals surface area (Å²) in [7, 11) is 3.11. The Labute approximate surface area is 191 Å². The number of amides is 2. The maximum absolute atomic E-state index is 13.1. The van der Waals surface area contributed by atoms with Crippen molar-refractivity contribution in [2.24, 2.45) is 0 Å². The van der Waals surface area contributed by atoms with Gasteiger partial charge in [-0.25, -0.2) is 0 Å². The second kappa shape index (κ2) is 10.2. The van der Waals surface area contributed by atoms with Crippen LogP contribution in [0.25, 0.3) is 11.3 Å². The first-order valence-corrected chi connectivity index (χ1v) is 10.8. The van der Waals surface area contributed by atoms with E-state index in [9.17, 15) is 9.59 Å². The molecule has 172 valence electrons. The van der Waals surface area contributed by atoms with Gasteiger partial charge in [0.05, 0.1) is 19.8 Å². The molecule has 33 heavy (non-hydrogen) atoms. The van der Waals surface area contributed by atoms with Gasteiger partial charge in [0, 0.05) is 43.5 Å². The quantitative estimate of drug-likeness (QED) is 0.562. The van der Waals surface area contributed by atoms with Crippen molar-refractivity contribution < 1.29 is 23.6 Å². The van der Waals surface area contributed by atoms with Gasteiger partial charge in [0.1, 0.15) is 17.5 Å². The van der Waals surface area contributed by atoms with E-state index in [2.05, 4.69) is 15.5 Å². The maximum atomic E-state index is 13.1. The lowest BCUT2D eigenvalue weighted by molar-refractivity contribution is -0.124. The number of methoxy groups -OCH3 is 2. The monoisotopic (exact) mass is 450 g/mol. The number of aromatic nitrogens is 2. The van der Waals surface area contributed by atoms with Crippen LogP contribution in [0.4, 0.5) is 0 Å². The topological polar surface area (TPSA) is 107 Å². The number of nitrogens with one attached hydrogen (secondary N) is 1. The summed E-state index contributed by atoms with van der Waals surface area (Å²) in [4.78, 5) is 31.7. The molecule has 2 amide bonds. The summed E-state index contributed by atoms with van der Waals surface area (Å²) in [5, 5.41) is 6.88. The van der Waals surface area contributed by atoms with Crippen LogP contribution in [0, 0.1) is 0 Å². The highest BCUT2D eigenvalue weighted by Crippen LogP contribution is 2.34. The van der Waals surface area contributed by atoms with Gasteiger partial charge in [-0.1, -0.05) is 11.2 Å². The molecule has 0 saturated carbocycles. The van der Waals surface area contributed by atoms with E-state index in [1.165, 1.54) is 0 Å². The van der Waals surface area contributed by atoms with Crippen LogP contribution in [0.2, 0.25) is 0 Å². The number of hydrogen-bond acceptors (Lipinski definition) is 7. The molecule has 0 bridgehead atoms. The van der Waals surface area contributed by atoms with Gasteiger partial charge < -0.3 is 24.2 Å². The Morgan fingerprint density at radius 2 is 2.06 bits per heavy atom. The van der Waals surface area contributed by atoms with Gasteiger partial charge >= 0.3 is 0 Å². The minimum absolute atomic E-state index is 0.149. The molecule has 9 nitrogen and oxygen atoms in total. The summed E-state index contributed by atoms with van der Waals surface area (Å²) in [6, 6.07) is 12.0. The van der Waals surface area contributed by atoms with Crippen LogP contribution in [0.3, 0.4) is 0 Å². The fourth-order valence-electron chi connectivity index (χ4n) is 3.91. The molecule has 3 heterocycles. The minimum Gasteiger partial charge on any atom is -0.497 e. The first kappa shape index (κ1) is 22.3. The van der Waals surface area contributed by atoms with Crippen molar-refractivity contribution in [2.45, 2.75) is 25.3 Å². The molecule has 0 radical (unpaired) electrons. The Kier molecular flexibility index (Phi) is 6.87. The highest BCUT2D eigenvalue weighted by atomic mass is 16.5.